The lowest BCUT2D eigenvalue weighted by molar-refractivity contribution is 0.169. The van der Waals surface area contributed by atoms with E-state index in [1.54, 1.807) is 13.2 Å². The number of ether oxygens (including phenoxy) is 2. The summed E-state index contributed by atoms with van der Waals surface area (Å²) in [7, 11) is 2.85. The maximum atomic E-state index is 10.9. The van der Waals surface area contributed by atoms with E-state index in [4.69, 9.17) is 9.15 Å². The molecule has 1 aromatic heterocycles. The summed E-state index contributed by atoms with van der Waals surface area (Å²) in [6.07, 6.45) is -0.558. The van der Waals surface area contributed by atoms with Crippen molar-refractivity contribution in [3.05, 3.63) is 30.2 Å². The van der Waals surface area contributed by atoms with E-state index >= 15 is 0 Å². The van der Waals surface area contributed by atoms with Gasteiger partial charge in [0.15, 0.2) is 0 Å². The van der Waals surface area contributed by atoms with Crippen LogP contribution in [0.1, 0.15) is 5.89 Å². The molecule has 0 saturated heterocycles. The summed E-state index contributed by atoms with van der Waals surface area (Å²) in [6.45, 7) is 0.106. The smallest absolute Gasteiger partial charge is 0.407 e. The van der Waals surface area contributed by atoms with E-state index in [9.17, 15) is 4.79 Å². The van der Waals surface area contributed by atoms with Gasteiger partial charge in [-0.3, -0.25) is 0 Å². The van der Waals surface area contributed by atoms with Gasteiger partial charge in [-0.1, -0.05) is 12.1 Å². The first-order valence-electron chi connectivity index (χ1n) is 5.52. The predicted octanol–water partition coefficient (Wildman–Crippen LogP) is 1.60. The minimum atomic E-state index is -0.558. The molecular formula is C12H13N3O4. The third kappa shape index (κ3) is 3.01. The van der Waals surface area contributed by atoms with Crippen LogP contribution in [0.3, 0.4) is 0 Å². The standard InChI is InChI=1S/C12H13N3O4/c1-17-9-6-4-3-5-8(9)11-15-14-10(19-11)7-13-12(16)18-2/h3-6H,7H2,1-2H3,(H,13,16). The molecule has 1 heterocycles. The number of rotatable bonds is 4. The topological polar surface area (TPSA) is 86.5 Å². The van der Waals surface area contributed by atoms with E-state index in [0.29, 0.717) is 17.2 Å². The van der Waals surface area contributed by atoms with Gasteiger partial charge in [-0.05, 0) is 12.1 Å². The van der Waals surface area contributed by atoms with Crippen molar-refractivity contribution in [1.82, 2.24) is 15.5 Å². The van der Waals surface area contributed by atoms with Gasteiger partial charge in [0.25, 0.3) is 5.89 Å². The van der Waals surface area contributed by atoms with Crippen LogP contribution in [0.4, 0.5) is 4.79 Å². The second-order valence-corrected chi connectivity index (χ2v) is 3.55. The Bertz CT molecular complexity index is 568. The summed E-state index contributed by atoms with van der Waals surface area (Å²) < 4.78 is 15.1. The molecule has 0 spiro atoms. The molecule has 0 atom stereocenters. The van der Waals surface area contributed by atoms with Crippen molar-refractivity contribution in [3.8, 4) is 17.2 Å². The summed E-state index contributed by atoms with van der Waals surface area (Å²) >= 11 is 0. The summed E-state index contributed by atoms with van der Waals surface area (Å²) in [4.78, 5) is 10.9. The zero-order chi connectivity index (χ0) is 13.7. The monoisotopic (exact) mass is 263 g/mol. The largest absolute Gasteiger partial charge is 0.496 e. The first-order chi connectivity index (χ1) is 9.24. The van der Waals surface area contributed by atoms with Gasteiger partial charge in [0.05, 0.1) is 26.3 Å². The highest BCUT2D eigenvalue weighted by atomic mass is 16.5. The maximum Gasteiger partial charge on any atom is 0.407 e. The molecular weight excluding hydrogens is 250 g/mol. The van der Waals surface area contributed by atoms with E-state index in [2.05, 4.69) is 20.3 Å². The molecule has 0 unspecified atom stereocenters. The Kier molecular flexibility index (Phi) is 3.97. The van der Waals surface area contributed by atoms with E-state index < -0.39 is 6.09 Å². The van der Waals surface area contributed by atoms with Gasteiger partial charge in [-0.2, -0.15) is 0 Å². The van der Waals surface area contributed by atoms with Crippen LogP contribution in [0.15, 0.2) is 28.7 Å². The van der Waals surface area contributed by atoms with Crippen molar-refractivity contribution in [2.75, 3.05) is 14.2 Å². The van der Waals surface area contributed by atoms with Gasteiger partial charge in [-0.15, -0.1) is 10.2 Å². The minimum absolute atomic E-state index is 0.106. The molecule has 2 rings (SSSR count). The van der Waals surface area contributed by atoms with Crippen molar-refractivity contribution in [3.63, 3.8) is 0 Å². The zero-order valence-electron chi connectivity index (χ0n) is 10.5. The molecule has 0 radical (unpaired) electrons. The van der Waals surface area contributed by atoms with Crippen LogP contribution in [-0.2, 0) is 11.3 Å². The Hall–Kier alpha value is -2.57. The number of alkyl carbamates (subject to hydrolysis) is 1. The van der Waals surface area contributed by atoms with Crippen LogP contribution in [0.25, 0.3) is 11.5 Å². The normalized spacial score (nSPS) is 10.0. The van der Waals surface area contributed by atoms with Gasteiger partial charge < -0.3 is 19.2 Å². The van der Waals surface area contributed by atoms with Gasteiger partial charge >= 0.3 is 6.09 Å². The fraction of sp³-hybridized carbons (Fsp3) is 0.250. The molecule has 0 aliphatic heterocycles. The number of carbonyl (C=O) groups excluding carboxylic acids is 1. The first-order valence-corrected chi connectivity index (χ1v) is 5.52. The molecule has 7 heteroatoms. The van der Waals surface area contributed by atoms with Crippen molar-refractivity contribution < 1.29 is 18.7 Å². The summed E-state index contributed by atoms with van der Waals surface area (Å²) in [5, 5.41) is 10.2. The number of amides is 1. The van der Waals surface area contributed by atoms with Gasteiger partial charge in [-0.25, -0.2) is 4.79 Å². The Balaban J connectivity index is 2.14. The van der Waals surface area contributed by atoms with Gasteiger partial charge in [0.2, 0.25) is 5.89 Å². The fourth-order valence-electron chi connectivity index (χ4n) is 1.48. The van der Waals surface area contributed by atoms with Crippen LogP contribution in [-0.4, -0.2) is 30.5 Å². The number of para-hydroxylation sites is 1. The highest BCUT2D eigenvalue weighted by molar-refractivity contribution is 5.66. The molecule has 0 saturated carbocycles. The third-order valence-electron chi connectivity index (χ3n) is 2.37. The third-order valence-corrected chi connectivity index (χ3v) is 2.37. The van der Waals surface area contributed by atoms with E-state index in [-0.39, 0.29) is 12.4 Å². The molecule has 0 aliphatic carbocycles. The summed E-state index contributed by atoms with van der Waals surface area (Å²) in [5.74, 6) is 1.25. The lowest BCUT2D eigenvalue weighted by Crippen LogP contribution is -2.22. The van der Waals surface area contributed by atoms with Gasteiger partial charge in [0.1, 0.15) is 5.75 Å². The van der Waals surface area contributed by atoms with Crippen LogP contribution >= 0.6 is 0 Å². The Labute approximate surface area is 109 Å². The number of hydrogen-bond donors (Lipinski definition) is 1. The SMILES string of the molecule is COC(=O)NCc1nnc(-c2ccccc2OC)o1. The number of carbonyl (C=O) groups is 1. The molecule has 0 bridgehead atoms. The second kappa shape index (κ2) is 5.85. The lowest BCUT2D eigenvalue weighted by Gasteiger charge is -2.03. The number of nitrogens with one attached hydrogen (secondary N) is 1. The van der Waals surface area contributed by atoms with Gasteiger partial charge in [0, 0.05) is 0 Å². The minimum Gasteiger partial charge on any atom is -0.496 e. The van der Waals surface area contributed by atoms with Crippen LogP contribution in [0, 0.1) is 0 Å². The molecule has 1 N–H and O–H groups in total. The highest BCUT2D eigenvalue weighted by Crippen LogP contribution is 2.28. The maximum absolute atomic E-state index is 10.9. The first kappa shape index (κ1) is 12.9. The van der Waals surface area contributed by atoms with Crippen molar-refractivity contribution >= 4 is 6.09 Å². The Morgan fingerprint density at radius 1 is 1.32 bits per heavy atom. The van der Waals surface area contributed by atoms with E-state index in [0.717, 1.165) is 0 Å². The number of aromatic nitrogens is 2. The number of nitrogens with zero attached hydrogens (tertiary/aromatic N) is 2. The van der Waals surface area contributed by atoms with Crippen LogP contribution in [0.2, 0.25) is 0 Å². The molecule has 1 amide bonds. The molecule has 100 valence electrons. The lowest BCUT2D eigenvalue weighted by atomic mass is 10.2. The number of benzene rings is 1. The van der Waals surface area contributed by atoms with Crippen LogP contribution in [0.5, 0.6) is 5.75 Å². The van der Waals surface area contributed by atoms with Crippen molar-refractivity contribution in [2.24, 2.45) is 0 Å². The summed E-state index contributed by atoms with van der Waals surface area (Å²) in [6, 6.07) is 7.29. The summed E-state index contributed by atoms with van der Waals surface area (Å²) in [5.41, 5.74) is 0.696. The fourth-order valence-corrected chi connectivity index (χ4v) is 1.48. The van der Waals surface area contributed by atoms with Crippen molar-refractivity contribution in [2.45, 2.75) is 6.54 Å². The average Bonchev–Trinajstić information content (AvgIpc) is 2.93. The number of methoxy groups -OCH3 is 2. The zero-order valence-corrected chi connectivity index (χ0v) is 10.5. The molecule has 19 heavy (non-hydrogen) atoms. The van der Waals surface area contributed by atoms with E-state index in [1.165, 1.54) is 7.11 Å². The molecule has 7 nitrogen and oxygen atoms in total. The second-order valence-electron chi connectivity index (χ2n) is 3.55. The van der Waals surface area contributed by atoms with E-state index in [1.807, 2.05) is 18.2 Å². The molecule has 0 aliphatic rings. The molecule has 1 aromatic carbocycles. The Morgan fingerprint density at radius 3 is 2.84 bits per heavy atom. The van der Waals surface area contributed by atoms with Crippen molar-refractivity contribution in [1.29, 1.82) is 0 Å². The Morgan fingerprint density at radius 2 is 2.11 bits per heavy atom. The van der Waals surface area contributed by atoms with Crippen LogP contribution < -0.4 is 10.1 Å². The number of hydrogen-bond acceptors (Lipinski definition) is 6. The average molecular weight is 263 g/mol. The molecule has 2 aromatic rings. The highest BCUT2D eigenvalue weighted by Gasteiger charge is 2.13. The predicted molar refractivity (Wildman–Crippen MR) is 65.5 cm³/mol. The quantitative estimate of drug-likeness (QED) is 0.901. The molecule has 0 fully saturated rings.